The summed E-state index contributed by atoms with van der Waals surface area (Å²) in [6, 6.07) is 0.219. The van der Waals surface area contributed by atoms with Gasteiger partial charge in [-0.2, -0.15) is 0 Å². The van der Waals surface area contributed by atoms with Crippen molar-refractivity contribution in [1.29, 1.82) is 0 Å². The first kappa shape index (κ1) is 25.7. The van der Waals surface area contributed by atoms with Crippen LogP contribution in [-0.2, 0) is 23.8 Å². The Morgan fingerprint density at radius 1 is 1.15 bits per heavy atom. The molecule has 1 aliphatic carbocycles. The van der Waals surface area contributed by atoms with Crippen molar-refractivity contribution in [3.8, 4) is 0 Å². The van der Waals surface area contributed by atoms with Crippen LogP contribution in [0.3, 0.4) is 0 Å². The molecule has 1 spiro atoms. The lowest BCUT2D eigenvalue weighted by atomic mass is 9.83. The third-order valence-corrected chi connectivity index (χ3v) is 6.75. The standard InChI is InChI=1S/C27H41NO5/c1-19(7-14-24-16-27(18-31-27)17-26(4,5)33-24)6-9-22-10-12-23(13-11-22)28-25(30)15-8-20(2)32-21(3)29/h6-8,14-15,20,22-24H,9-13,16-18H2,1-5H3,(H,28,30)/b14-7+,15-8-,19-6+/t20-,22-,23+,24+,27+/m0/s1. The molecule has 0 aromatic carbocycles. The van der Waals surface area contributed by atoms with E-state index in [4.69, 9.17) is 14.2 Å². The van der Waals surface area contributed by atoms with Crippen LogP contribution >= 0.6 is 0 Å². The van der Waals surface area contributed by atoms with Gasteiger partial charge in [0.15, 0.2) is 0 Å². The van der Waals surface area contributed by atoms with Crippen molar-refractivity contribution in [2.45, 2.75) is 109 Å². The highest BCUT2D eigenvalue weighted by Crippen LogP contribution is 2.46. The van der Waals surface area contributed by atoms with Gasteiger partial charge in [0.1, 0.15) is 6.10 Å². The summed E-state index contributed by atoms with van der Waals surface area (Å²) in [6.45, 7) is 10.4. The molecule has 2 aliphatic heterocycles. The predicted octanol–water partition coefficient (Wildman–Crippen LogP) is 4.79. The van der Waals surface area contributed by atoms with Crippen LogP contribution in [0.1, 0.15) is 79.6 Å². The Hall–Kier alpha value is -1.92. The highest BCUT2D eigenvalue weighted by atomic mass is 16.6. The molecule has 0 bridgehead atoms. The van der Waals surface area contributed by atoms with Crippen LogP contribution in [0, 0.1) is 5.92 Å². The fraction of sp³-hybridized carbons (Fsp3) is 0.704. The summed E-state index contributed by atoms with van der Waals surface area (Å²) in [4.78, 5) is 23.0. The van der Waals surface area contributed by atoms with Gasteiger partial charge in [-0.1, -0.05) is 23.8 Å². The zero-order valence-corrected chi connectivity index (χ0v) is 20.9. The first-order chi connectivity index (χ1) is 15.5. The minimum Gasteiger partial charge on any atom is -0.459 e. The van der Waals surface area contributed by atoms with Gasteiger partial charge in [0.2, 0.25) is 5.91 Å². The third-order valence-electron chi connectivity index (χ3n) is 6.75. The van der Waals surface area contributed by atoms with Gasteiger partial charge in [-0.25, -0.2) is 0 Å². The molecule has 1 N–H and O–H groups in total. The fourth-order valence-corrected chi connectivity index (χ4v) is 5.13. The molecule has 2 saturated heterocycles. The number of carbonyl (C=O) groups excluding carboxylic acids is 2. The van der Waals surface area contributed by atoms with Gasteiger partial charge >= 0.3 is 5.97 Å². The van der Waals surface area contributed by atoms with Crippen LogP contribution in [0.25, 0.3) is 0 Å². The summed E-state index contributed by atoms with van der Waals surface area (Å²) in [5.41, 5.74) is 1.19. The SMILES string of the molecule is CC(=O)O[C@@H](C)/C=C\C(=O)N[C@H]1CC[C@@H](C/C=C(C)/C=C/[C@@H]2C[C@]3(CO3)CC(C)(C)O2)CC1. The summed E-state index contributed by atoms with van der Waals surface area (Å²) < 4.78 is 17.0. The molecule has 3 rings (SSSR count). The van der Waals surface area contributed by atoms with E-state index >= 15 is 0 Å². The normalized spacial score (nSPS) is 32.8. The van der Waals surface area contributed by atoms with Crippen LogP contribution in [0.2, 0.25) is 0 Å². The maximum Gasteiger partial charge on any atom is 0.303 e. The molecule has 184 valence electrons. The van der Waals surface area contributed by atoms with E-state index in [1.165, 1.54) is 18.6 Å². The number of rotatable bonds is 8. The van der Waals surface area contributed by atoms with Gasteiger partial charge in [0.25, 0.3) is 0 Å². The first-order valence-corrected chi connectivity index (χ1v) is 12.4. The Balaban J connectivity index is 1.36. The molecule has 6 nitrogen and oxygen atoms in total. The Morgan fingerprint density at radius 3 is 2.48 bits per heavy atom. The van der Waals surface area contributed by atoms with Gasteiger partial charge < -0.3 is 19.5 Å². The Bertz CT molecular complexity index is 778. The van der Waals surface area contributed by atoms with Crippen molar-refractivity contribution in [2.24, 2.45) is 5.92 Å². The molecule has 2 heterocycles. The van der Waals surface area contributed by atoms with Gasteiger partial charge in [-0.15, -0.1) is 0 Å². The number of carbonyl (C=O) groups is 2. The quantitative estimate of drug-likeness (QED) is 0.244. The summed E-state index contributed by atoms with van der Waals surface area (Å²) in [5, 5.41) is 3.07. The molecule has 1 amide bonds. The van der Waals surface area contributed by atoms with Crippen molar-refractivity contribution in [2.75, 3.05) is 6.61 Å². The molecule has 3 aliphatic rings. The van der Waals surface area contributed by atoms with Crippen molar-refractivity contribution in [1.82, 2.24) is 5.32 Å². The monoisotopic (exact) mass is 459 g/mol. The van der Waals surface area contributed by atoms with Crippen LogP contribution in [0.5, 0.6) is 0 Å². The lowest BCUT2D eigenvalue weighted by Gasteiger charge is -2.38. The summed E-state index contributed by atoms with van der Waals surface area (Å²) in [6.07, 6.45) is 16.7. The number of amides is 1. The minimum atomic E-state index is -0.396. The van der Waals surface area contributed by atoms with E-state index in [-0.39, 0.29) is 35.2 Å². The van der Waals surface area contributed by atoms with Gasteiger partial charge in [-0.05, 0) is 71.8 Å². The molecular formula is C27H41NO5. The average molecular weight is 460 g/mol. The van der Waals surface area contributed by atoms with E-state index in [1.807, 2.05) is 0 Å². The van der Waals surface area contributed by atoms with Crippen LogP contribution in [0.15, 0.2) is 36.0 Å². The van der Waals surface area contributed by atoms with Gasteiger partial charge in [0.05, 0.1) is 23.9 Å². The minimum absolute atomic E-state index is 0.0544. The molecule has 0 aromatic heterocycles. The van der Waals surface area contributed by atoms with Crippen molar-refractivity contribution in [3.63, 3.8) is 0 Å². The topological polar surface area (TPSA) is 77.2 Å². The van der Waals surface area contributed by atoms with E-state index in [0.717, 1.165) is 51.6 Å². The van der Waals surface area contributed by atoms with Crippen LogP contribution in [-0.4, -0.2) is 47.9 Å². The van der Waals surface area contributed by atoms with Crippen LogP contribution < -0.4 is 5.32 Å². The van der Waals surface area contributed by atoms with E-state index < -0.39 is 6.10 Å². The highest BCUT2D eigenvalue weighted by Gasteiger charge is 2.53. The maximum absolute atomic E-state index is 12.1. The second-order valence-corrected chi connectivity index (χ2v) is 10.7. The van der Waals surface area contributed by atoms with Crippen molar-refractivity contribution < 1.29 is 23.8 Å². The van der Waals surface area contributed by atoms with Gasteiger partial charge in [-0.3, -0.25) is 9.59 Å². The number of esters is 1. The zero-order valence-electron chi connectivity index (χ0n) is 20.9. The first-order valence-electron chi connectivity index (χ1n) is 12.4. The number of allylic oxidation sites excluding steroid dienone is 3. The maximum atomic E-state index is 12.1. The second kappa shape index (κ2) is 11.0. The molecule has 33 heavy (non-hydrogen) atoms. The lowest BCUT2D eigenvalue weighted by molar-refractivity contribution is -0.143. The van der Waals surface area contributed by atoms with E-state index in [2.05, 4.69) is 44.3 Å². The summed E-state index contributed by atoms with van der Waals surface area (Å²) >= 11 is 0. The number of ether oxygens (including phenoxy) is 3. The fourth-order valence-electron chi connectivity index (χ4n) is 5.13. The molecule has 6 heteroatoms. The summed E-state index contributed by atoms with van der Waals surface area (Å²) in [5.74, 6) is 0.192. The van der Waals surface area contributed by atoms with Crippen molar-refractivity contribution in [3.05, 3.63) is 36.0 Å². The van der Waals surface area contributed by atoms with E-state index in [1.54, 1.807) is 13.0 Å². The van der Waals surface area contributed by atoms with Crippen LogP contribution in [0.4, 0.5) is 0 Å². The molecule has 0 aromatic rings. The average Bonchev–Trinajstić information content (AvgIpc) is 3.46. The van der Waals surface area contributed by atoms with Gasteiger partial charge in [0, 0.05) is 31.9 Å². The molecule has 0 radical (unpaired) electrons. The number of hydrogen-bond acceptors (Lipinski definition) is 5. The predicted molar refractivity (Wildman–Crippen MR) is 129 cm³/mol. The molecule has 3 fully saturated rings. The zero-order chi connectivity index (χ0) is 24.1. The number of epoxide rings is 1. The Morgan fingerprint density at radius 2 is 1.85 bits per heavy atom. The lowest BCUT2D eigenvalue weighted by Crippen LogP contribution is -2.43. The Labute approximate surface area is 198 Å². The smallest absolute Gasteiger partial charge is 0.303 e. The summed E-state index contributed by atoms with van der Waals surface area (Å²) in [7, 11) is 0. The third kappa shape index (κ3) is 8.74. The number of hydrogen-bond donors (Lipinski definition) is 1. The molecule has 1 saturated carbocycles. The van der Waals surface area contributed by atoms with E-state index in [0.29, 0.717) is 5.92 Å². The number of nitrogens with one attached hydrogen (secondary N) is 1. The molecule has 0 unspecified atom stereocenters. The highest BCUT2D eigenvalue weighted by molar-refractivity contribution is 5.87. The van der Waals surface area contributed by atoms with E-state index in [9.17, 15) is 9.59 Å². The molecule has 3 atom stereocenters. The van der Waals surface area contributed by atoms with Crippen molar-refractivity contribution >= 4 is 11.9 Å². The Kier molecular flexibility index (Phi) is 8.57. The largest absolute Gasteiger partial charge is 0.459 e. The molecular weight excluding hydrogens is 418 g/mol. The second-order valence-electron chi connectivity index (χ2n) is 10.7.